The molecule has 2 aliphatic rings. The van der Waals surface area contributed by atoms with Crippen molar-refractivity contribution in [3.63, 3.8) is 0 Å². The monoisotopic (exact) mass is 260 g/mol. The summed E-state index contributed by atoms with van der Waals surface area (Å²) in [5.41, 5.74) is 1.44. The molecule has 1 aliphatic carbocycles. The van der Waals surface area contributed by atoms with Gasteiger partial charge < -0.3 is 10.1 Å². The number of piperazine rings is 1. The molecule has 1 aromatic rings. The van der Waals surface area contributed by atoms with Gasteiger partial charge in [-0.3, -0.25) is 4.90 Å². The van der Waals surface area contributed by atoms with E-state index in [1.54, 1.807) is 0 Å². The smallest absolute Gasteiger partial charge is 0.0604 e. The van der Waals surface area contributed by atoms with Crippen LogP contribution in [0.5, 0.6) is 0 Å². The van der Waals surface area contributed by atoms with E-state index >= 15 is 0 Å². The fourth-order valence-corrected chi connectivity index (χ4v) is 3.32. The number of hydrogen-bond acceptors (Lipinski definition) is 3. The molecule has 0 spiro atoms. The lowest BCUT2D eigenvalue weighted by Crippen LogP contribution is -2.56. The van der Waals surface area contributed by atoms with E-state index in [1.807, 2.05) is 0 Å². The zero-order valence-corrected chi connectivity index (χ0v) is 11.7. The molecule has 3 rings (SSSR count). The van der Waals surface area contributed by atoms with Crippen molar-refractivity contribution in [1.29, 1.82) is 0 Å². The Hall–Kier alpha value is -0.900. The van der Waals surface area contributed by atoms with Gasteiger partial charge in [0.15, 0.2) is 0 Å². The molecule has 1 aliphatic heterocycles. The minimum Gasteiger partial charge on any atom is -0.378 e. The molecule has 1 saturated heterocycles. The first kappa shape index (κ1) is 13.1. The lowest BCUT2D eigenvalue weighted by molar-refractivity contribution is -0.0623. The summed E-state index contributed by atoms with van der Waals surface area (Å²) < 4.78 is 5.70. The summed E-state index contributed by atoms with van der Waals surface area (Å²) in [6.07, 6.45) is 2.91. The molecule has 1 saturated carbocycles. The molecule has 1 N–H and O–H groups in total. The molecule has 0 aromatic heterocycles. The molecule has 0 amide bonds. The standard InChI is InChI=1S/C16H24N2O/c1-2-19-15-10-14(11-15)18-9-8-17-12-16(18)13-6-4-3-5-7-13/h3-7,14-17H,2,8-12H2,1H3. The van der Waals surface area contributed by atoms with E-state index in [2.05, 4.69) is 47.5 Å². The molecule has 1 unspecified atom stereocenters. The second-order valence-corrected chi connectivity index (χ2v) is 5.57. The third-order valence-corrected chi connectivity index (χ3v) is 4.41. The SMILES string of the molecule is CCOC1CC(N2CCNCC2c2ccccc2)C1. The second-order valence-electron chi connectivity index (χ2n) is 5.57. The Labute approximate surface area is 115 Å². The molecule has 104 valence electrons. The topological polar surface area (TPSA) is 24.5 Å². The number of benzene rings is 1. The van der Waals surface area contributed by atoms with Crippen molar-refractivity contribution in [2.45, 2.75) is 38.0 Å². The van der Waals surface area contributed by atoms with Crippen LogP contribution in [0.4, 0.5) is 0 Å². The zero-order chi connectivity index (χ0) is 13.1. The summed E-state index contributed by atoms with van der Waals surface area (Å²) in [4.78, 5) is 2.68. The van der Waals surface area contributed by atoms with Gasteiger partial charge in [0.2, 0.25) is 0 Å². The van der Waals surface area contributed by atoms with E-state index in [4.69, 9.17) is 4.74 Å². The number of ether oxygens (including phenoxy) is 1. The van der Waals surface area contributed by atoms with Gasteiger partial charge in [0.05, 0.1) is 6.10 Å². The fourth-order valence-electron chi connectivity index (χ4n) is 3.32. The summed E-state index contributed by atoms with van der Waals surface area (Å²) in [5, 5.41) is 3.53. The Morgan fingerprint density at radius 1 is 1.26 bits per heavy atom. The Bertz CT molecular complexity index is 389. The lowest BCUT2D eigenvalue weighted by Gasteiger charge is -2.48. The third-order valence-electron chi connectivity index (χ3n) is 4.41. The molecule has 0 radical (unpaired) electrons. The number of hydrogen-bond donors (Lipinski definition) is 1. The van der Waals surface area contributed by atoms with E-state index in [-0.39, 0.29) is 0 Å². The van der Waals surface area contributed by atoms with Crippen LogP contribution in [0.3, 0.4) is 0 Å². The minimum absolute atomic E-state index is 0.501. The van der Waals surface area contributed by atoms with Crippen molar-refractivity contribution < 1.29 is 4.74 Å². The maximum atomic E-state index is 5.70. The van der Waals surface area contributed by atoms with Gasteiger partial charge in [-0.15, -0.1) is 0 Å². The van der Waals surface area contributed by atoms with Crippen LogP contribution < -0.4 is 5.32 Å². The summed E-state index contributed by atoms with van der Waals surface area (Å²) in [6, 6.07) is 12.1. The van der Waals surface area contributed by atoms with Crippen molar-refractivity contribution in [1.82, 2.24) is 10.2 Å². The first-order valence-corrected chi connectivity index (χ1v) is 7.51. The van der Waals surface area contributed by atoms with Crippen molar-refractivity contribution in [2.24, 2.45) is 0 Å². The van der Waals surface area contributed by atoms with Crippen molar-refractivity contribution in [2.75, 3.05) is 26.2 Å². The summed E-state index contributed by atoms with van der Waals surface area (Å²) in [7, 11) is 0. The van der Waals surface area contributed by atoms with Crippen molar-refractivity contribution >= 4 is 0 Å². The zero-order valence-electron chi connectivity index (χ0n) is 11.7. The Morgan fingerprint density at radius 3 is 2.79 bits per heavy atom. The highest BCUT2D eigenvalue weighted by atomic mass is 16.5. The summed E-state index contributed by atoms with van der Waals surface area (Å²) >= 11 is 0. The average molecular weight is 260 g/mol. The lowest BCUT2D eigenvalue weighted by atomic mass is 9.85. The molecule has 2 fully saturated rings. The van der Waals surface area contributed by atoms with E-state index in [1.165, 1.54) is 18.4 Å². The molecule has 3 nitrogen and oxygen atoms in total. The molecule has 3 heteroatoms. The molecular weight excluding hydrogens is 236 g/mol. The van der Waals surface area contributed by atoms with Crippen LogP contribution in [-0.2, 0) is 4.74 Å². The van der Waals surface area contributed by atoms with E-state index in [0.29, 0.717) is 18.2 Å². The molecule has 0 bridgehead atoms. The predicted octanol–water partition coefficient (Wildman–Crippen LogP) is 2.20. The van der Waals surface area contributed by atoms with Gasteiger partial charge in [0.25, 0.3) is 0 Å². The molecule has 1 heterocycles. The summed E-state index contributed by atoms with van der Waals surface area (Å²) in [6.45, 7) is 6.27. The first-order chi connectivity index (χ1) is 9.38. The Morgan fingerprint density at radius 2 is 2.05 bits per heavy atom. The van der Waals surface area contributed by atoms with Crippen LogP contribution in [0, 0.1) is 0 Å². The highest BCUT2D eigenvalue weighted by molar-refractivity contribution is 5.20. The van der Waals surface area contributed by atoms with Crippen LogP contribution in [0.15, 0.2) is 30.3 Å². The highest BCUT2D eigenvalue weighted by Gasteiger charge is 2.38. The number of nitrogens with zero attached hydrogens (tertiary/aromatic N) is 1. The maximum Gasteiger partial charge on any atom is 0.0604 e. The van der Waals surface area contributed by atoms with Gasteiger partial charge in [0.1, 0.15) is 0 Å². The van der Waals surface area contributed by atoms with E-state index in [9.17, 15) is 0 Å². The molecular formula is C16H24N2O. The maximum absolute atomic E-state index is 5.70. The Balaban J connectivity index is 1.66. The van der Waals surface area contributed by atoms with Gasteiger partial charge in [-0.1, -0.05) is 30.3 Å². The van der Waals surface area contributed by atoms with E-state index < -0.39 is 0 Å². The van der Waals surface area contributed by atoms with Crippen molar-refractivity contribution in [3.05, 3.63) is 35.9 Å². The number of rotatable bonds is 4. The van der Waals surface area contributed by atoms with Gasteiger partial charge in [0, 0.05) is 38.3 Å². The molecule has 1 aromatic carbocycles. The highest BCUT2D eigenvalue weighted by Crippen LogP contribution is 2.34. The van der Waals surface area contributed by atoms with E-state index in [0.717, 1.165) is 26.2 Å². The van der Waals surface area contributed by atoms with Gasteiger partial charge in [-0.05, 0) is 25.3 Å². The van der Waals surface area contributed by atoms with Gasteiger partial charge >= 0.3 is 0 Å². The van der Waals surface area contributed by atoms with Crippen LogP contribution in [0.25, 0.3) is 0 Å². The normalized spacial score (nSPS) is 31.9. The molecule has 1 atom stereocenters. The van der Waals surface area contributed by atoms with Crippen LogP contribution in [0.1, 0.15) is 31.4 Å². The number of nitrogens with one attached hydrogen (secondary N) is 1. The first-order valence-electron chi connectivity index (χ1n) is 7.51. The van der Waals surface area contributed by atoms with Crippen molar-refractivity contribution in [3.8, 4) is 0 Å². The van der Waals surface area contributed by atoms with Gasteiger partial charge in [-0.2, -0.15) is 0 Å². The van der Waals surface area contributed by atoms with Crippen LogP contribution in [-0.4, -0.2) is 43.3 Å². The second kappa shape index (κ2) is 6.04. The molecule has 19 heavy (non-hydrogen) atoms. The quantitative estimate of drug-likeness (QED) is 0.898. The fraction of sp³-hybridized carbons (Fsp3) is 0.625. The predicted molar refractivity (Wildman–Crippen MR) is 77.2 cm³/mol. The average Bonchev–Trinajstić information content (AvgIpc) is 2.43. The minimum atomic E-state index is 0.501. The Kier molecular flexibility index (Phi) is 4.16. The third kappa shape index (κ3) is 2.83. The van der Waals surface area contributed by atoms with Crippen LogP contribution >= 0.6 is 0 Å². The van der Waals surface area contributed by atoms with Crippen LogP contribution in [0.2, 0.25) is 0 Å². The van der Waals surface area contributed by atoms with Gasteiger partial charge in [-0.25, -0.2) is 0 Å². The largest absolute Gasteiger partial charge is 0.378 e. The summed E-state index contributed by atoms with van der Waals surface area (Å²) in [5.74, 6) is 0.